The van der Waals surface area contributed by atoms with Crippen LogP contribution < -0.4 is 0 Å². The van der Waals surface area contributed by atoms with E-state index in [2.05, 4.69) is 66.1 Å². The Morgan fingerprint density at radius 1 is 1.09 bits per heavy atom. The molecule has 3 rings (SSSR count). The van der Waals surface area contributed by atoms with Crippen molar-refractivity contribution in [3.05, 3.63) is 71.7 Å². The van der Waals surface area contributed by atoms with Gasteiger partial charge in [0.15, 0.2) is 0 Å². The third kappa shape index (κ3) is 3.93. The van der Waals surface area contributed by atoms with Crippen LogP contribution in [0.25, 0.3) is 10.9 Å². The molecule has 0 saturated carbocycles. The molecule has 118 valence electrons. The number of para-hydroxylation sites is 1. The summed E-state index contributed by atoms with van der Waals surface area (Å²) in [4.78, 5) is 11.4. The van der Waals surface area contributed by atoms with E-state index in [0.717, 1.165) is 24.2 Å². The van der Waals surface area contributed by atoms with Gasteiger partial charge in [-0.15, -0.1) is 0 Å². The molecule has 3 aromatic rings. The largest absolute Gasteiger partial charge is 0.299 e. The molecule has 23 heavy (non-hydrogen) atoms. The molecule has 0 bridgehead atoms. The summed E-state index contributed by atoms with van der Waals surface area (Å²) in [5, 5.41) is 1.20. The van der Waals surface area contributed by atoms with Crippen LogP contribution in [0.2, 0.25) is 0 Å². The lowest BCUT2D eigenvalue weighted by Crippen LogP contribution is -2.30. The summed E-state index contributed by atoms with van der Waals surface area (Å²) in [6.07, 6.45) is 4.83. The molecule has 2 aromatic heterocycles. The van der Waals surface area contributed by atoms with E-state index in [0.29, 0.717) is 6.04 Å². The molecule has 0 unspecified atom stereocenters. The minimum atomic E-state index is 0.427. The van der Waals surface area contributed by atoms with E-state index in [4.69, 9.17) is 0 Å². The van der Waals surface area contributed by atoms with Crippen molar-refractivity contribution in [1.82, 2.24) is 14.9 Å². The summed E-state index contributed by atoms with van der Waals surface area (Å²) in [6.45, 7) is 5.25. The highest BCUT2D eigenvalue weighted by Gasteiger charge is 2.12. The molecule has 0 aliphatic rings. The lowest BCUT2D eigenvalue weighted by Gasteiger charge is -2.24. The van der Waals surface area contributed by atoms with Gasteiger partial charge in [0.25, 0.3) is 0 Å². The summed E-state index contributed by atoms with van der Waals surface area (Å²) in [7, 11) is 2.16. The Bertz CT molecular complexity index is 798. The number of hydrogen-bond acceptors (Lipinski definition) is 3. The van der Waals surface area contributed by atoms with Gasteiger partial charge in [0.1, 0.15) is 0 Å². The van der Waals surface area contributed by atoms with Gasteiger partial charge in [-0.3, -0.25) is 14.9 Å². The van der Waals surface area contributed by atoms with Gasteiger partial charge in [0.2, 0.25) is 0 Å². The molecule has 0 saturated heterocycles. The van der Waals surface area contributed by atoms with Gasteiger partial charge >= 0.3 is 0 Å². The maximum Gasteiger partial charge on any atom is 0.0702 e. The molecule has 0 N–H and O–H groups in total. The highest BCUT2D eigenvalue weighted by Crippen LogP contribution is 2.15. The van der Waals surface area contributed by atoms with Crippen LogP contribution in [0.4, 0.5) is 0 Å². The van der Waals surface area contributed by atoms with Crippen molar-refractivity contribution in [3.8, 4) is 0 Å². The van der Waals surface area contributed by atoms with Gasteiger partial charge in [-0.1, -0.05) is 18.2 Å². The maximum atomic E-state index is 4.55. The molecule has 0 amide bonds. The van der Waals surface area contributed by atoms with Crippen LogP contribution in [0.15, 0.2) is 54.9 Å². The molecule has 0 radical (unpaired) electrons. The lowest BCUT2D eigenvalue weighted by atomic mass is 10.1. The van der Waals surface area contributed by atoms with Crippen molar-refractivity contribution in [2.24, 2.45) is 0 Å². The molecule has 0 fully saturated rings. The third-order valence-corrected chi connectivity index (χ3v) is 4.31. The number of rotatable bonds is 5. The highest BCUT2D eigenvalue weighted by molar-refractivity contribution is 5.78. The average molecular weight is 305 g/mol. The second-order valence-electron chi connectivity index (χ2n) is 6.33. The molecular formula is C20H23N3. The van der Waals surface area contributed by atoms with E-state index in [1.54, 1.807) is 0 Å². The number of aromatic nitrogens is 2. The predicted octanol–water partition coefficient (Wildman–Crippen LogP) is 4.00. The molecule has 3 heteroatoms. The highest BCUT2D eigenvalue weighted by atomic mass is 15.1. The molecule has 2 heterocycles. The SMILES string of the molecule is Cc1ccnc(C[C@H](C)N(C)Cc2cnc3ccccc3c2)c1. The van der Waals surface area contributed by atoms with Gasteiger partial charge in [-0.25, -0.2) is 0 Å². The predicted molar refractivity (Wildman–Crippen MR) is 95.4 cm³/mol. The van der Waals surface area contributed by atoms with Crippen LogP contribution in [-0.4, -0.2) is 28.0 Å². The zero-order valence-electron chi connectivity index (χ0n) is 14.0. The van der Waals surface area contributed by atoms with Crippen molar-refractivity contribution < 1.29 is 0 Å². The fraction of sp³-hybridized carbons (Fsp3) is 0.300. The van der Waals surface area contributed by atoms with Gasteiger partial charge in [-0.2, -0.15) is 0 Å². The van der Waals surface area contributed by atoms with Gasteiger partial charge in [0.05, 0.1) is 5.52 Å². The number of nitrogens with zero attached hydrogens (tertiary/aromatic N) is 3. The summed E-state index contributed by atoms with van der Waals surface area (Å²) >= 11 is 0. The average Bonchev–Trinajstić information content (AvgIpc) is 2.54. The first-order valence-electron chi connectivity index (χ1n) is 8.07. The molecule has 0 spiro atoms. The standard InChI is InChI=1S/C20H23N3/c1-15-8-9-21-19(10-15)11-16(2)23(3)14-17-12-18-6-4-5-7-20(18)22-13-17/h4-10,12-13,16H,11,14H2,1-3H3/t16-/m0/s1. The second kappa shape index (κ2) is 6.88. The van der Waals surface area contributed by atoms with Crippen LogP contribution in [0, 0.1) is 6.92 Å². The van der Waals surface area contributed by atoms with Crippen molar-refractivity contribution in [3.63, 3.8) is 0 Å². The first kappa shape index (κ1) is 15.6. The van der Waals surface area contributed by atoms with E-state index < -0.39 is 0 Å². The van der Waals surface area contributed by atoms with E-state index in [1.165, 1.54) is 16.5 Å². The first-order chi connectivity index (χ1) is 11.1. The molecule has 0 aliphatic carbocycles. The number of benzene rings is 1. The quantitative estimate of drug-likeness (QED) is 0.713. The summed E-state index contributed by atoms with van der Waals surface area (Å²) in [5.41, 5.74) is 4.72. The zero-order chi connectivity index (χ0) is 16.2. The number of aryl methyl sites for hydroxylation is 1. The van der Waals surface area contributed by atoms with E-state index in [1.807, 2.05) is 24.5 Å². The molecule has 1 atom stereocenters. The lowest BCUT2D eigenvalue weighted by molar-refractivity contribution is 0.246. The number of pyridine rings is 2. The normalized spacial score (nSPS) is 12.7. The zero-order valence-corrected chi connectivity index (χ0v) is 14.0. The topological polar surface area (TPSA) is 29.0 Å². The minimum absolute atomic E-state index is 0.427. The van der Waals surface area contributed by atoms with Crippen molar-refractivity contribution >= 4 is 10.9 Å². The molecule has 0 aliphatic heterocycles. The van der Waals surface area contributed by atoms with Crippen LogP contribution in [0.5, 0.6) is 0 Å². The Morgan fingerprint density at radius 2 is 1.91 bits per heavy atom. The van der Waals surface area contributed by atoms with E-state index in [9.17, 15) is 0 Å². The molecular weight excluding hydrogens is 282 g/mol. The maximum absolute atomic E-state index is 4.55. The Hall–Kier alpha value is -2.26. The van der Waals surface area contributed by atoms with E-state index in [-0.39, 0.29) is 0 Å². The molecule has 3 nitrogen and oxygen atoms in total. The van der Waals surface area contributed by atoms with Crippen LogP contribution >= 0.6 is 0 Å². The Kier molecular flexibility index (Phi) is 4.68. The minimum Gasteiger partial charge on any atom is -0.299 e. The van der Waals surface area contributed by atoms with Gasteiger partial charge < -0.3 is 0 Å². The van der Waals surface area contributed by atoms with Gasteiger partial charge in [-0.05, 0) is 56.3 Å². The Morgan fingerprint density at radius 3 is 2.74 bits per heavy atom. The fourth-order valence-electron chi connectivity index (χ4n) is 2.82. The summed E-state index contributed by atoms with van der Waals surface area (Å²) < 4.78 is 0. The number of likely N-dealkylation sites (N-methyl/N-ethyl adjacent to an activating group) is 1. The monoisotopic (exact) mass is 305 g/mol. The fourth-order valence-corrected chi connectivity index (χ4v) is 2.82. The smallest absolute Gasteiger partial charge is 0.0702 e. The van der Waals surface area contributed by atoms with Crippen molar-refractivity contribution in [2.75, 3.05) is 7.05 Å². The first-order valence-corrected chi connectivity index (χ1v) is 8.07. The van der Waals surface area contributed by atoms with Crippen LogP contribution in [0.1, 0.15) is 23.7 Å². The van der Waals surface area contributed by atoms with Crippen LogP contribution in [0.3, 0.4) is 0 Å². The van der Waals surface area contributed by atoms with E-state index >= 15 is 0 Å². The third-order valence-electron chi connectivity index (χ3n) is 4.31. The van der Waals surface area contributed by atoms with Crippen molar-refractivity contribution in [1.29, 1.82) is 0 Å². The second-order valence-corrected chi connectivity index (χ2v) is 6.33. The Balaban J connectivity index is 1.68. The number of hydrogen-bond donors (Lipinski definition) is 0. The van der Waals surface area contributed by atoms with Crippen LogP contribution in [-0.2, 0) is 13.0 Å². The van der Waals surface area contributed by atoms with Gasteiger partial charge in [0, 0.05) is 42.5 Å². The van der Waals surface area contributed by atoms with Crippen molar-refractivity contribution in [2.45, 2.75) is 32.9 Å². The Labute approximate surface area is 138 Å². The summed E-state index contributed by atoms with van der Waals surface area (Å²) in [5.74, 6) is 0. The number of fused-ring (bicyclic) bond motifs is 1. The summed E-state index contributed by atoms with van der Waals surface area (Å²) in [6, 6.07) is 15.1. The molecule has 1 aromatic carbocycles.